The highest BCUT2D eigenvalue weighted by Gasteiger charge is 2.40. The number of piperidine rings is 2. The molecule has 0 saturated carbocycles. The van der Waals surface area contributed by atoms with Crippen LogP contribution in [0.25, 0.3) is 0 Å². The Kier molecular flexibility index (Phi) is 2.15. The Bertz CT molecular complexity index is 205. The summed E-state index contributed by atoms with van der Waals surface area (Å²) in [4.78, 5) is 12.5. The van der Waals surface area contributed by atoms with Crippen molar-refractivity contribution in [2.75, 3.05) is 0 Å². The summed E-state index contributed by atoms with van der Waals surface area (Å²) in [6.07, 6.45) is 3.09. The first-order valence-corrected chi connectivity index (χ1v) is 4.88. The summed E-state index contributed by atoms with van der Waals surface area (Å²) in [6, 6.07) is 0.139. The first-order chi connectivity index (χ1) is 6.18. The molecule has 3 atom stereocenters. The monoisotopic (exact) mass is 185 g/mol. The molecule has 2 aliphatic heterocycles. The molecule has 2 aliphatic rings. The molecule has 0 aromatic carbocycles. The molecule has 74 valence electrons. The van der Waals surface area contributed by atoms with E-state index >= 15 is 0 Å². The molecule has 1 unspecified atom stereocenters. The van der Waals surface area contributed by atoms with Crippen LogP contribution in [0.3, 0.4) is 0 Å². The highest BCUT2D eigenvalue weighted by atomic mass is 16.4. The number of aliphatic hydroxyl groups is 1. The second kappa shape index (κ2) is 3.18. The third-order valence-electron chi connectivity index (χ3n) is 3.17. The van der Waals surface area contributed by atoms with Crippen molar-refractivity contribution in [3.63, 3.8) is 0 Å². The lowest BCUT2D eigenvalue weighted by Gasteiger charge is -2.46. The predicted molar refractivity (Wildman–Crippen MR) is 46.5 cm³/mol. The molecule has 0 spiro atoms. The van der Waals surface area contributed by atoms with E-state index in [2.05, 4.69) is 0 Å². The molecule has 0 radical (unpaired) electrons. The van der Waals surface area contributed by atoms with Crippen LogP contribution in [0.1, 0.15) is 32.1 Å². The molecule has 2 fully saturated rings. The summed E-state index contributed by atoms with van der Waals surface area (Å²) in [7, 11) is 0. The molecule has 2 saturated heterocycles. The minimum Gasteiger partial charge on any atom is -0.465 e. The summed E-state index contributed by atoms with van der Waals surface area (Å²) < 4.78 is 0. The number of aliphatic hydroxyl groups excluding tert-OH is 1. The van der Waals surface area contributed by atoms with Gasteiger partial charge in [-0.1, -0.05) is 0 Å². The largest absolute Gasteiger partial charge is 0.465 e. The van der Waals surface area contributed by atoms with E-state index in [1.54, 1.807) is 4.90 Å². The van der Waals surface area contributed by atoms with E-state index < -0.39 is 6.09 Å². The molecule has 13 heavy (non-hydrogen) atoms. The molecule has 0 aromatic heterocycles. The van der Waals surface area contributed by atoms with Crippen LogP contribution in [0.15, 0.2) is 0 Å². The molecule has 2 rings (SSSR count). The van der Waals surface area contributed by atoms with Crippen LogP contribution in [0.2, 0.25) is 0 Å². The van der Waals surface area contributed by atoms with Gasteiger partial charge in [0.05, 0.1) is 6.10 Å². The number of hydrogen-bond acceptors (Lipinski definition) is 2. The zero-order valence-corrected chi connectivity index (χ0v) is 7.52. The van der Waals surface area contributed by atoms with Gasteiger partial charge >= 0.3 is 6.09 Å². The lowest BCUT2D eigenvalue weighted by Crippen LogP contribution is -2.55. The first-order valence-electron chi connectivity index (χ1n) is 4.88. The van der Waals surface area contributed by atoms with Gasteiger partial charge in [0.15, 0.2) is 0 Å². The first kappa shape index (κ1) is 8.81. The summed E-state index contributed by atoms with van der Waals surface area (Å²) >= 11 is 0. The van der Waals surface area contributed by atoms with Crippen LogP contribution in [0, 0.1) is 0 Å². The average molecular weight is 185 g/mol. The molecule has 2 heterocycles. The van der Waals surface area contributed by atoms with Gasteiger partial charge in [0.25, 0.3) is 0 Å². The van der Waals surface area contributed by atoms with E-state index in [1.165, 1.54) is 0 Å². The van der Waals surface area contributed by atoms with E-state index in [0.717, 1.165) is 19.3 Å². The average Bonchev–Trinajstić information content (AvgIpc) is 2.01. The minimum atomic E-state index is -0.818. The van der Waals surface area contributed by atoms with Crippen LogP contribution >= 0.6 is 0 Å². The number of amides is 1. The maximum absolute atomic E-state index is 10.9. The topological polar surface area (TPSA) is 60.8 Å². The minimum absolute atomic E-state index is 0.0694. The van der Waals surface area contributed by atoms with Gasteiger partial charge in [0, 0.05) is 12.1 Å². The lowest BCUT2D eigenvalue weighted by molar-refractivity contribution is -0.0148. The van der Waals surface area contributed by atoms with Crippen molar-refractivity contribution >= 4 is 6.09 Å². The fourth-order valence-electron chi connectivity index (χ4n) is 2.66. The number of fused-ring (bicyclic) bond motifs is 2. The smallest absolute Gasteiger partial charge is 0.407 e. The third-order valence-corrected chi connectivity index (χ3v) is 3.17. The van der Waals surface area contributed by atoms with Gasteiger partial charge < -0.3 is 15.1 Å². The second-order valence-electron chi connectivity index (χ2n) is 4.05. The molecule has 4 heteroatoms. The van der Waals surface area contributed by atoms with Crippen molar-refractivity contribution in [1.29, 1.82) is 0 Å². The molecule has 4 nitrogen and oxygen atoms in total. The van der Waals surface area contributed by atoms with Gasteiger partial charge in [-0.05, 0) is 32.1 Å². The Hall–Kier alpha value is -0.770. The summed E-state index contributed by atoms with van der Waals surface area (Å²) in [5.74, 6) is 0. The second-order valence-corrected chi connectivity index (χ2v) is 4.05. The molecule has 1 amide bonds. The third kappa shape index (κ3) is 1.50. The van der Waals surface area contributed by atoms with Crippen LogP contribution in [0.5, 0.6) is 0 Å². The van der Waals surface area contributed by atoms with Crippen LogP contribution in [-0.4, -0.2) is 39.4 Å². The number of rotatable bonds is 0. The van der Waals surface area contributed by atoms with Crippen LogP contribution in [0.4, 0.5) is 4.79 Å². The van der Waals surface area contributed by atoms with E-state index in [-0.39, 0.29) is 18.2 Å². The number of carbonyl (C=O) groups is 1. The van der Waals surface area contributed by atoms with Crippen molar-refractivity contribution < 1.29 is 15.0 Å². The Morgan fingerprint density at radius 1 is 1.23 bits per heavy atom. The van der Waals surface area contributed by atoms with Gasteiger partial charge in [-0.2, -0.15) is 0 Å². The Morgan fingerprint density at radius 2 is 1.77 bits per heavy atom. The van der Waals surface area contributed by atoms with Crippen molar-refractivity contribution in [2.45, 2.75) is 50.3 Å². The van der Waals surface area contributed by atoms with Crippen molar-refractivity contribution in [1.82, 2.24) is 4.90 Å². The Balaban J connectivity index is 2.14. The van der Waals surface area contributed by atoms with Crippen molar-refractivity contribution in [3.8, 4) is 0 Å². The predicted octanol–water partition coefficient (Wildman–Crippen LogP) is 1.04. The number of hydrogen-bond donors (Lipinski definition) is 2. The fourth-order valence-corrected chi connectivity index (χ4v) is 2.66. The lowest BCUT2D eigenvalue weighted by atomic mass is 9.83. The normalized spacial score (nSPS) is 38.8. The molecular formula is C9H15NO3. The quantitative estimate of drug-likeness (QED) is 0.592. The van der Waals surface area contributed by atoms with E-state index in [0.29, 0.717) is 12.8 Å². The highest BCUT2D eigenvalue weighted by Crippen LogP contribution is 2.33. The zero-order valence-electron chi connectivity index (χ0n) is 7.52. The van der Waals surface area contributed by atoms with Crippen LogP contribution in [-0.2, 0) is 0 Å². The highest BCUT2D eigenvalue weighted by molar-refractivity contribution is 5.66. The Morgan fingerprint density at radius 3 is 2.23 bits per heavy atom. The maximum Gasteiger partial charge on any atom is 0.407 e. The maximum atomic E-state index is 10.9. The van der Waals surface area contributed by atoms with Crippen molar-refractivity contribution in [2.24, 2.45) is 0 Å². The van der Waals surface area contributed by atoms with Crippen molar-refractivity contribution in [3.05, 3.63) is 0 Å². The zero-order chi connectivity index (χ0) is 9.42. The fraction of sp³-hybridized carbons (Fsp3) is 0.889. The molecule has 2 bridgehead atoms. The molecular weight excluding hydrogens is 170 g/mol. The summed E-state index contributed by atoms with van der Waals surface area (Å²) in [5, 5.41) is 18.5. The SMILES string of the molecule is O=C(O)N1[C@@H]2CCC[C@H]1CC(O)C2. The van der Waals surface area contributed by atoms with Gasteiger partial charge in [-0.15, -0.1) is 0 Å². The standard InChI is InChI=1S/C9H15NO3/c11-8-4-6-2-1-3-7(5-8)10(6)9(12)13/h6-8,11H,1-5H2,(H,12,13)/t6-,7+,8?. The van der Waals surface area contributed by atoms with E-state index in [1.807, 2.05) is 0 Å². The van der Waals surface area contributed by atoms with E-state index in [9.17, 15) is 9.90 Å². The van der Waals surface area contributed by atoms with Gasteiger partial charge in [0.2, 0.25) is 0 Å². The van der Waals surface area contributed by atoms with Crippen LogP contribution < -0.4 is 0 Å². The summed E-state index contributed by atoms with van der Waals surface area (Å²) in [5.41, 5.74) is 0. The Labute approximate surface area is 77.2 Å². The van der Waals surface area contributed by atoms with Gasteiger partial charge in [0.1, 0.15) is 0 Å². The number of nitrogens with zero attached hydrogens (tertiary/aromatic N) is 1. The van der Waals surface area contributed by atoms with Gasteiger partial charge in [-0.25, -0.2) is 4.79 Å². The van der Waals surface area contributed by atoms with Gasteiger partial charge in [-0.3, -0.25) is 0 Å². The van der Waals surface area contributed by atoms with E-state index in [4.69, 9.17) is 5.11 Å². The molecule has 0 aromatic rings. The number of carboxylic acid groups (broad SMARTS) is 1. The molecule has 2 N–H and O–H groups in total. The molecule has 0 aliphatic carbocycles. The summed E-state index contributed by atoms with van der Waals surface area (Å²) in [6.45, 7) is 0.